The molecule has 0 amide bonds. The number of phenolic OH excluding ortho intramolecular Hbond substituents is 2. The third-order valence-corrected chi connectivity index (χ3v) is 9.37. The number of aliphatic hydroxyl groups is 3. The van der Waals surface area contributed by atoms with E-state index in [-0.39, 0.29) is 40.0 Å². The van der Waals surface area contributed by atoms with Gasteiger partial charge in [-0.2, -0.15) is 0 Å². The maximum atomic E-state index is 14.3. The van der Waals surface area contributed by atoms with Crippen molar-refractivity contribution in [1.82, 2.24) is 4.90 Å². The highest BCUT2D eigenvalue weighted by Gasteiger charge is 2.59. The van der Waals surface area contributed by atoms with Crippen molar-refractivity contribution < 1.29 is 58.9 Å². The predicted molar refractivity (Wildman–Crippen MR) is 145 cm³/mol. The first-order valence-electron chi connectivity index (χ1n) is 13.7. The van der Waals surface area contributed by atoms with Gasteiger partial charge >= 0.3 is 5.97 Å². The van der Waals surface area contributed by atoms with Crippen molar-refractivity contribution in [2.24, 2.45) is 0 Å². The quantitative estimate of drug-likeness (QED) is 0.263. The van der Waals surface area contributed by atoms with Crippen molar-refractivity contribution in [2.45, 2.75) is 68.0 Å². The lowest BCUT2D eigenvalue weighted by Gasteiger charge is -2.53. The van der Waals surface area contributed by atoms with Crippen molar-refractivity contribution in [2.75, 3.05) is 28.3 Å². The summed E-state index contributed by atoms with van der Waals surface area (Å²) in [5.74, 6) is -5.32. The largest absolute Gasteiger partial charge is 0.507 e. The summed E-state index contributed by atoms with van der Waals surface area (Å²) in [4.78, 5) is 42.8. The lowest BCUT2D eigenvalue weighted by atomic mass is 9.68. The number of aliphatic hydroxyl groups excluding tert-OH is 2. The van der Waals surface area contributed by atoms with Gasteiger partial charge in [0.05, 0.1) is 41.5 Å². The van der Waals surface area contributed by atoms with Crippen LogP contribution < -0.4 is 4.74 Å². The molecule has 6 rings (SSSR count). The van der Waals surface area contributed by atoms with E-state index in [1.807, 2.05) is 0 Å². The highest BCUT2D eigenvalue weighted by Crippen LogP contribution is 2.55. The number of benzene rings is 2. The number of carbonyl (C=O) groups excluding carboxylic acids is 3. The molecule has 4 aliphatic rings. The van der Waals surface area contributed by atoms with Gasteiger partial charge in [-0.1, -0.05) is 0 Å². The zero-order chi connectivity index (χ0) is 31.5. The Labute approximate surface area is 246 Å². The van der Waals surface area contributed by atoms with Gasteiger partial charge in [-0.25, -0.2) is 0 Å². The van der Waals surface area contributed by atoms with Crippen LogP contribution in [0.3, 0.4) is 0 Å². The number of phenols is 2. The molecule has 1 fully saturated rings. The first kappa shape index (κ1) is 29.5. The van der Waals surface area contributed by atoms with Crippen LogP contribution in [0.1, 0.15) is 80.8 Å². The van der Waals surface area contributed by atoms with E-state index in [0.29, 0.717) is 0 Å². The van der Waals surface area contributed by atoms with Gasteiger partial charge < -0.3 is 49.4 Å². The van der Waals surface area contributed by atoms with E-state index >= 15 is 0 Å². The van der Waals surface area contributed by atoms with Gasteiger partial charge in [0.2, 0.25) is 12.1 Å². The van der Waals surface area contributed by atoms with E-state index in [2.05, 4.69) is 0 Å². The van der Waals surface area contributed by atoms with Crippen LogP contribution in [-0.4, -0.2) is 106 Å². The number of methoxy groups -OCH3 is 2. The Morgan fingerprint density at radius 3 is 2.33 bits per heavy atom. The molecule has 2 aliphatic heterocycles. The van der Waals surface area contributed by atoms with Crippen molar-refractivity contribution >= 4 is 17.5 Å². The Morgan fingerprint density at radius 1 is 1.05 bits per heavy atom. The number of carbonyl (C=O) groups is 3. The van der Waals surface area contributed by atoms with E-state index in [1.54, 1.807) is 19.0 Å². The topological polar surface area (TPSA) is 193 Å². The number of fused-ring (bicyclic) bond motifs is 8. The number of hydrogen-bond acceptors (Lipinski definition) is 13. The number of aromatic hydroxyl groups is 2. The van der Waals surface area contributed by atoms with Crippen LogP contribution in [0.2, 0.25) is 0 Å². The summed E-state index contributed by atoms with van der Waals surface area (Å²) in [6.07, 6.45) is -5.13. The SMILES string of the molecule is COC(=O)[C@H]1c2cc3c(c(O)c2[C@@H](OC)C[C@@]1(C)O)C(=O)c1c(O)cc2c(c1C3=O)O[C@H]1O[C@@]2(C)[C@@H](O)[C@@H](N(C)C)[C@H]1O. The molecule has 8 atom stereocenters. The molecule has 2 bridgehead atoms. The van der Waals surface area contributed by atoms with Crippen LogP contribution in [-0.2, 0) is 24.6 Å². The summed E-state index contributed by atoms with van der Waals surface area (Å²) in [7, 11) is 5.79. The molecule has 1 saturated heterocycles. The normalized spacial score (nSPS) is 34.1. The molecule has 13 nitrogen and oxygen atoms in total. The first-order valence-corrected chi connectivity index (χ1v) is 13.7. The highest BCUT2D eigenvalue weighted by molar-refractivity contribution is 6.31. The fourth-order valence-electron chi connectivity index (χ4n) is 7.24. The number of ether oxygens (including phenoxy) is 4. The number of hydrogen-bond donors (Lipinski definition) is 5. The number of rotatable bonds is 3. The number of esters is 1. The van der Waals surface area contributed by atoms with Crippen molar-refractivity contribution in [3.8, 4) is 17.2 Å². The monoisotopic (exact) mass is 599 g/mol. The minimum Gasteiger partial charge on any atom is -0.507 e. The molecule has 0 aromatic heterocycles. The van der Waals surface area contributed by atoms with E-state index in [4.69, 9.17) is 18.9 Å². The molecule has 13 heteroatoms. The van der Waals surface area contributed by atoms with Gasteiger partial charge in [-0.3, -0.25) is 14.4 Å². The van der Waals surface area contributed by atoms with E-state index < -0.39 is 87.9 Å². The first-order chi connectivity index (χ1) is 20.1. The summed E-state index contributed by atoms with van der Waals surface area (Å²) in [6, 6.07) is 1.58. The molecule has 43 heavy (non-hydrogen) atoms. The number of likely N-dealkylation sites (N-methyl/N-ethyl adjacent to an activating group) is 1. The highest BCUT2D eigenvalue weighted by atomic mass is 16.7. The second-order valence-corrected chi connectivity index (χ2v) is 12.2. The molecule has 2 aliphatic carbocycles. The van der Waals surface area contributed by atoms with Crippen molar-refractivity contribution in [3.63, 3.8) is 0 Å². The third kappa shape index (κ3) is 3.76. The molecule has 0 saturated carbocycles. The predicted octanol–water partition coefficient (Wildman–Crippen LogP) is 0.588. The molecule has 0 spiro atoms. The fourth-order valence-corrected chi connectivity index (χ4v) is 7.24. The summed E-state index contributed by atoms with van der Waals surface area (Å²) in [5, 5.41) is 56.3. The van der Waals surface area contributed by atoms with E-state index in [0.717, 1.165) is 7.11 Å². The number of ketones is 2. The van der Waals surface area contributed by atoms with Crippen LogP contribution in [0, 0.1) is 0 Å². The van der Waals surface area contributed by atoms with Crippen molar-refractivity contribution in [3.05, 3.63) is 51.1 Å². The zero-order valence-electron chi connectivity index (χ0n) is 24.4. The Balaban J connectivity index is 1.61. The summed E-state index contributed by atoms with van der Waals surface area (Å²) in [6.45, 7) is 2.93. The Morgan fingerprint density at radius 2 is 1.72 bits per heavy atom. The van der Waals surface area contributed by atoms with E-state index in [1.165, 1.54) is 33.1 Å². The van der Waals surface area contributed by atoms with Gasteiger partial charge in [0.15, 0.2) is 5.78 Å². The minimum atomic E-state index is -1.71. The van der Waals surface area contributed by atoms with Gasteiger partial charge in [-0.05, 0) is 45.6 Å². The standard InChI is InChI=1S/C30H33NO12/c1-29(39)9-14(40-5)15-10(19(29)27(38)41-6)7-11-16(22(15)34)23(35)17-13(32)8-12-25(18(17)21(11)33)42-28-24(36)20(31(3)4)26(37)30(12,2)43-28/h7-8,14,19-20,24,26,28,32,34,36-37,39H,9H2,1-6H3/t14-,19+,20-,24+,26-,28-,29+,30+/m0/s1. The van der Waals surface area contributed by atoms with E-state index in [9.17, 15) is 39.9 Å². The fraction of sp³-hybridized carbons (Fsp3) is 0.500. The molecule has 2 heterocycles. The molecule has 2 aromatic carbocycles. The third-order valence-electron chi connectivity index (χ3n) is 9.37. The van der Waals surface area contributed by atoms with Gasteiger partial charge in [-0.15, -0.1) is 0 Å². The second kappa shape index (κ2) is 9.45. The lowest BCUT2D eigenvalue weighted by molar-refractivity contribution is -0.311. The average Bonchev–Trinajstić information content (AvgIpc) is 2.93. The van der Waals surface area contributed by atoms with Gasteiger partial charge in [0.1, 0.15) is 41.0 Å². The maximum absolute atomic E-state index is 14.3. The number of nitrogens with zero attached hydrogens (tertiary/aromatic N) is 1. The van der Waals surface area contributed by atoms with Crippen LogP contribution in [0.15, 0.2) is 12.1 Å². The molecule has 2 aromatic rings. The minimum absolute atomic E-state index is 0.0394. The second-order valence-electron chi connectivity index (χ2n) is 12.2. The average molecular weight is 600 g/mol. The Kier molecular flexibility index (Phi) is 6.48. The molecule has 230 valence electrons. The van der Waals surface area contributed by atoms with Gasteiger partial charge in [0, 0.05) is 30.2 Å². The molecule has 0 radical (unpaired) electrons. The Bertz CT molecular complexity index is 1600. The molecular weight excluding hydrogens is 566 g/mol. The summed E-state index contributed by atoms with van der Waals surface area (Å²) < 4.78 is 22.4. The Hall–Kier alpha value is -3.59. The maximum Gasteiger partial charge on any atom is 0.316 e. The van der Waals surface area contributed by atoms with Gasteiger partial charge in [0.25, 0.3) is 0 Å². The zero-order valence-corrected chi connectivity index (χ0v) is 24.4. The molecular formula is C30H33NO12. The lowest BCUT2D eigenvalue weighted by Crippen LogP contribution is -2.68. The van der Waals surface area contributed by atoms with Crippen LogP contribution in [0.4, 0.5) is 0 Å². The molecule has 0 unspecified atom stereocenters. The van der Waals surface area contributed by atoms with Crippen LogP contribution >= 0.6 is 0 Å². The van der Waals surface area contributed by atoms with Crippen LogP contribution in [0.5, 0.6) is 17.2 Å². The summed E-state index contributed by atoms with van der Waals surface area (Å²) >= 11 is 0. The van der Waals surface area contributed by atoms with Crippen LogP contribution in [0.25, 0.3) is 0 Å². The smallest absolute Gasteiger partial charge is 0.316 e. The molecule has 5 N–H and O–H groups in total. The summed E-state index contributed by atoms with van der Waals surface area (Å²) in [5.41, 5.74) is -4.63. The van der Waals surface area contributed by atoms with Crippen molar-refractivity contribution in [1.29, 1.82) is 0 Å².